The Labute approximate surface area is 162 Å². The largest absolute Gasteiger partial charge is 0.305 e. The first kappa shape index (κ1) is 18.1. The second kappa shape index (κ2) is 7.38. The first-order valence-corrected chi connectivity index (χ1v) is 9.40. The maximum absolute atomic E-state index is 13.1. The number of benzene rings is 2. The van der Waals surface area contributed by atoms with E-state index >= 15 is 0 Å². The number of aryl methyl sites for hydroxylation is 2. The number of pyridine rings is 1. The van der Waals surface area contributed by atoms with Crippen molar-refractivity contribution >= 4 is 33.7 Å². The quantitative estimate of drug-likeness (QED) is 0.528. The standard InChI is InChI=1S/C22H21FN4O/c1-3-4-12-27-21-18(13-16-7-5-6-14(2)19(16)24-21)20(26-27)25-22(28)15-8-10-17(23)11-9-15/h5-11,13H,3-4,12H2,1-2H3,(H,25,26,28). The Hall–Kier alpha value is -3.28. The molecule has 0 aliphatic carbocycles. The van der Waals surface area contributed by atoms with Crippen LogP contribution in [0.2, 0.25) is 0 Å². The third-order valence-electron chi connectivity index (χ3n) is 4.81. The smallest absolute Gasteiger partial charge is 0.256 e. The molecule has 0 bridgehead atoms. The fourth-order valence-corrected chi connectivity index (χ4v) is 3.27. The summed E-state index contributed by atoms with van der Waals surface area (Å²) in [6, 6.07) is 13.5. The van der Waals surface area contributed by atoms with Crippen LogP contribution in [0.3, 0.4) is 0 Å². The van der Waals surface area contributed by atoms with Crippen molar-refractivity contribution < 1.29 is 9.18 Å². The van der Waals surface area contributed by atoms with E-state index in [1.54, 1.807) is 0 Å². The van der Waals surface area contributed by atoms with Crippen molar-refractivity contribution in [1.29, 1.82) is 0 Å². The molecule has 0 saturated heterocycles. The highest BCUT2D eigenvalue weighted by Crippen LogP contribution is 2.28. The average molecular weight is 376 g/mol. The number of para-hydroxylation sites is 1. The molecule has 1 N–H and O–H groups in total. The second-order valence-electron chi connectivity index (χ2n) is 6.89. The number of unbranched alkanes of at least 4 members (excludes halogenated alkanes) is 1. The maximum Gasteiger partial charge on any atom is 0.256 e. The third kappa shape index (κ3) is 3.33. The number of hydrogen-bond donors (Lipinski definition) is 1. The van der Waals surface area contributed by atoms with Gasteiger partial charge in [-0.25, -0.2) is 14.1 Å². The molecule has 0 atom stereocenters. The Morgan fingerprint density at radius 1 is 1.18 bits per heavy atom. The van der Waals surface area contributed by atoms with Crippen molar-refractivity contribution in [3.8, 4) is 0 Å². The van der Waals surface area contributed by atoms with Gasteiger partial charge in [-0.1, -0.05) is 31.5 Å². The number of halogens is 1. The van der Waals surface area contributed by atoms with Crippen molar-refractivity contribution in [2.75, 3.05) is 5.32 Å². The lowest BCUT2D eigenvalue weighted by atomic mass is 10.1. The Balaban J connectivity index is 1.80. The molecular formula is C22H21FN4O. The molecule has 28 heavy (non-hydrogen) atoms. The number of nitrogens with one attached hydrogen (secondary N) is 1. The number of amides is 1. The summed E-state index contributed by atoms with van der Waals surface area (Å²) in [7, 11) is 0. The van der Waals surface area contributed by atoms with Gasteiger partial charge in [-0.05, 0) is 49.2 Å². The van der Waals surface area contributed by atoms with Gasteiger partial charge in [0.15, 0.2) is 11.5 Å². The summed E-state index contributed by atoms with van der Waals surface area (Å²) < 4.78 is 15.0. The van der Waals surface area contributed by atoms with Crippen LogP contribution in [0.1, 0.15) is 35.7 Å². The Bertz CT molecular complexity index is 1160. The summed E-state index contributed by atoms with van der Waals surface area (Å²) in [5, 5.41) is 9.27. The summed E-state index contributed by atoms with van der Waals surface area (Å²) in [5.41, 5.74) is 3.16. The lowest BCUT2D eigenvalue weighted by molar-refractivity contribution is 0.102. The van der Waals surface area contributed by atoms with E-state index in [2.05, 4.69) is 17.3 Å². The number of rotatable bonds is 5. The molecule has 2 aromatic carbocycles. The van der Waals surface area contributed by atoms with Gasteiger partial charge in [-0.2, -0.15) is 5.10 Å². The minimum Gasteiger partial charge on any atom is -0.305 e. The molecule has 2 heterocycles. The highest BCUT2D eigenvalue weighted by atomic mass is 19.1. The normalized spacial score (nSPS) is 11.2. The van der Waals surface area contributed by atoms with Gasteiger partial charge in [-0.15, -0.1) is 0 Å². The minimum absolute atomic E-state index is 0.327. The third-order valence-corrected chi connectivity index (χ3v) is 4.81. The highest BCUT2D eigenvalue weighted by Gasteiger charge is 2.16. The molecule has 0 saturated carbocycles. The summed E-state index contributed by atoms with van der Waals surface area (Å²) >= 11 is 0. The van der Waals surface area contributed by atoms with Crippen LogP contribution in [0.5, 0.6) is 0 Å². The number of fused-ring (bicyclic) bond motifs is 2. The van der Waals surface area contributed by atoms with Gasteiger partial charge >= 0.3 is 0 Å². The number of hydrogen-bond acceptors (Lipinski definition) is 3. The van der Waals surface area contributed by atoms with Crippen LogP contribution in [-0.2, 0) is 6.54 Å². The summed E-state index contributed by atoms with van der Waals surface area (Å²) in [4.78, 5) is 17.4. The molecule has 0 spiro atoms. The predicted molar refractivity (Wildman–Crippen MR) is 109 cm³/mol. The molecule has 2 aromatic heterocycles. The van der Waals surface area contributed by atoms with E-state index in [1.165, 1.54) is 24.3 Å². The molecule has 1 amide bonds. The second-order valence-corrected chi connectivity index (χ2v) is 6.89. The van der Waals surface area contributed by atoms with E-state index in [-0.39, 0.29) is 11.7 Å². The number of nitrogens with zero attached hydrogens (tertiary/aromatic N) is 3. The van der Waals surface area contributed by atoms with Gasteiger partial charge in [0.1, 0.15) is 5.82 Å². The van der Waals surface area contributed by atoms with Crippen LogP contribution in [0.4, 0.5) is 10.2 Å². The van der Waals surface area contributed by atoms with Crippen molar-refractivity contribution in [2.45, 2.75) is 33.2 Å². The highest BCUT2D eigenvalue weighted by molar-refractivity contribution is 6.09. The van der Waals surface area contributed by atoms with Gasteiger partial charge in [-0.3, -0.25) is 4.79 Å². The number of aromatic nitrogens is 3. The molecular weight excluding hydrogens is 355 g/mol. The van der Waals surface area contributed by atoms with Gasteiger partial charge in [0.2, 0.25) is 0 Å². The van der Waals surface area contributed by atoms with E-state index in [0.717, 1.165) is 46.9 Å². The summed E-state index contributed by atoms with van der Waals surface area (Å²) in [6.07, 6.45) is 2.00. The first-order chi connectivity index (χ1) is 13.6. The molecule has 0 radical (unpaired) electrons. The molecule has 4 aromatic rings. The molecule has 0 aliphatic rings. The van der Waals surface area contributed by atoms with Crippen molar-refractivity contribution in [1.82, 2.24) is 14.8 Å². The summed E-state index contributed by atoms with van der Waals surface area (Å²) in [5.74, 6) is -0.236. The van der Waals surface area contributed by atoms with Crippen LogP contribution in [0.25, 0.3) is 21.9 Å². The van der Waals surface area contributed by atoms with Crippen molar-refractivity contribution in [2.24, 2.45) is 0 Å². The molecule has 0 unspecified atom stereocenters. The van der Waals surface area contributed by atoms with Crippen LogP contribution >= 0.6 is 0 Å². The van der Waals surface area contributed by atoms with Gasteiger partial charge < -0.3 is 5.32 Å². The molecule has 0 aliphatic heterocycles. The van der Waals surface area contributed by atoms with E-state index in [1.807, 2.05) is 35.9 Å². The lowest BCUT2D eigenvalue weighted by Gasteiger charge is -2.04. The molecule has 0 fully saturated rings. The zero-order valence-electron chi connectivity index (χ0n) is 15.9. The number of carbonyl (C=O) groups is 1. The SMILES string of the molecule is CCCCn1nc(NC(=O)c2ccc(F)cc2)c2cc3cccc(C)c3nc21. The van der Waals surface area contributed by atoms with E-state index < -0.39 is 0 Å². The lowest BCUT2D eigenvalue weighted by Crippen LogP contribution is -2.13. The zero-order chi connectivity index (χ0) is 19.7. The van der Waals surface area contributed by atoms with E-state index in [0.29, 0.717) is 11.4 Å². The topological polar surface area (TPSA) is 59.8 Å². The van der Waals surface area contributed by atoms with Gasteiger partial charge in [0.05, 0.1) is 10.9 Å². The van der Waals surface area contributed by atoms with Crippen LogP contribution in [0.15, 0.2) is 48.5 Å². The molecule has 4 rings (SSSR count). The van der Waals surface area contributed by atoms with Gasteiger partial charge in [0.25, 0.3) is 5.91 Å². The Morgan fingerprint density at radius 2 is 1.96 bits per heavy atom. The fourth-order valence-electron chi connectivity index (χ4n) is 3.27. The minimum atomic E-state index is -0.378. The monoisotopic (exact) mass is 376 g/mol. The average Bonchev–Trinajstić information content (AvgIpc) is 3.02. The van der Waals surface area contributed by atoms with E-state index in [4.69, 9.17) is 4.98 Å². The van der Waals surface area contributed by atoms with E-state index in [9.17, 15) is 9.18 Å². The zero-order valence-corrected chi connectivity index (χ0v) is 15.9. The predicted octanol–water partition coefficient (Wildman–Crippen LogP) is 5.08. The van der Waals surface area contributed by atoms with Crippen molar-refractivity contribution in [3.63, 3.8) is 0 Å². The summed E-state index contributed by atoms with van der Waals surface area (Å²) in [6.45, 7) is 4.88. The van der Waals surface area contributed by atoms with Crippen LogP contribution < -0.4 is 5.32 Å². The fraction of sp³-hybridized carbons (Fsp3) is 0.227. The Kier molecular flexibility index (Phi) is 4.77. The first-order valence-electron chi connectivity index (χ1n) is 9.40. The Morgan fingerprint density at radius 3 is 2.71 bits per heavy atom. The number of carbonyl (C=O) groups excluding carboxylic acids is 1. The maximum atomic E-state index is 13.1. The van der Waals surface area contributed by atoms with Crippen LogP contribution in [-0.4, -0.2) is 20.7 Å². The molecule has 5 nitrogen and oxygen atoms in total. The molecule has 142 valence electrons. The molecule has 6 heteroatoms. The van der Waals surface area contributed by atoms with Crippen LogP contribution in [0, 0.1) is 12.7 Å². The van der Waals surface area contributed by atoms with Crippen molar-refractivity contribution in [3.05, 3.63) is 65.5 Å². The van der Waals surface area contributed by atoms with Gasteiger partial charge in [0, 0.05) is 17.5 Å². The number of anilines is 1.